The molecule has 3 fully saturated rings. The van der Waals surface area contributed by atoms with Crippen LogP contribution < -0.4 is 29.3 Å². The highest BCUT2D eigenvalue weighted by Gasteiger charge is 2.52. The Morgan fingerprint density at radius 1 is 0.547 bits per heavy atom. The summed E-state index contributed by atoms with van der Waals surface area (Å²) in [6.45, 7) is 14.9. The molecule has 3 aromatic heterocycles. The zero-order valence-electron chi connectivity index (χ0n) is 44.5. The number of rotatable bonds is 11. The molecule has 6 heterocycles. The Kier molecular flexibility index (Phi) is 19.1. The smallest absolute Gasteiger partial charge is 0.314 e. The van der Waals surface area contributed by atoms with Crippen LogP contribution in [0.15, 0.2) is 110 Å². The zero-order chi connectivity index (χ0) is 54.5. The predicted octanol–water partition coefficient (Wildman–Crippen LogP) is 8.06. The van der Waals surface area contributed by atoms with Gasteiger partial charge in [-0.1, -0.05) is 48.0 Å². The molecule has 6 aromatic rings. The molecule has 75 heavy (non-hydrogen) atoms. The van der Waals surface area contributed by atoms with Gasteiger partial charge in [-0.25, -0.2) is 29.9 Å². The molecule has 3 aliphatic heterocycles. The molecule has 3 aromatic carbocycles. The van der Waals surface area contributed by atoms with Gasteiger partial charge in [0.1, 0.15) is 51.5 Å². The van der Waals surface area contributed by atoms with Crippen LogP contribution in [-0.4, -0.2) is 128 Å². The third-order valence-corrected chi connectivity index (χ3v) is 14.5. The highest BCUT2D eigenvalue weighted by molar-refractivity contribution is 6.29. The van der Waals surface area contributed by atoms with E-state index in [1.54, 1.807) is 59.8 Å². The summed E-state index contributed by atoms with van der Waals surface area (Å²) in [6, 6.07) is 28.7. The molecule has 0 amide bonds. The van der Waals surface area contributed by atoms with E-state index in [0.29, 0.717) is 55.4 Å². The van der Waals surface area contributed by atoms with Crippen molar-refractivity contribution in [2.24, 2.45) is 16.2 Å². The highest BCUT2D eigenvalue weighted by Crippen LogP contribution is 2.46. The summed E-state index contributed by atoms with van der Waals surface area (Å²) in [5.41, 5.74) is 1.18. The number of carboxylic acids is 1. The molecule has 0 unspecified atom stereocenters. The number of carboxylic acid groups (broad SMARTS) is 1. The number of methoxy groups -OCH3 is 5. The molecule has 0 saturated carbocycles. The molecule has 0 spiro atoms. The molecule has 3 saturated heterocycles. The molecule has 19 heteroatoms. The van der Waals surface area contributed by atoms with Crippen molar-refractivity contribution in [1.82, 2.24) is 35.2 Å². The van der Waals surface area contributed by atoms with Gasteiger partial charge >= 0.3 is 17.9 Å². The van der Waals surface area contributed by atoms with E-state index in [9.17, 15) is 19.5 Å². The second kappa shape index (κ2) is 25.2. The van der Waals surface area contributed by atoms with Crippen molar-refractivity contribution in [3.8, 4) is 17.2 Å². The second-order valence-electron chi connectivity index (χ2n) is 19.3. The number of carbonyl (C=O) groups excluding carboxylic acids is 2. The van der Waals surface area contributed by atoms with Crippen LogP contribution in [0.2, 0.25) is 5.15 Å². The van der Waals surface area contributed by atoms with E-state index < -0.39 is 22.2 Å². The van der Waals surface area contributed by atoms with Crippen molar-refractivity contribution in [3.63, 3.8) is 0 Å². The number of aromatic nitrogens is 6. The minimum absolute atomic E-state index is 0.00104. The lowest BCUT2D eigenvalue weighted by atomic mass is 9.76. The summed E-state index contributed by atoms with van der Waals surface area (Å²) >= 11 is 5.49. The van der Waals surface area contributed by atoms with Gasteiger partial charge < -0.3 is 43.9 Å². The van der Waals surface area contributed by atoms with Gasteiger partial charge in [-0.05, 0) is 113 Å². The predicted molar refractivity (Wildman–Crippen MR) is 286 cm³/mol. The summed E-state index contributed by atoms with van der Waals surface area (Å²) in [5, 5.41) is 13.6. The number of anilines is 2. The Hall–Kier alpha value is -7.44. The maximum Gasteiger partial charge on any atom is 0.314 e. The third-order valence-electron chi connectivity index (χ3n) is 14.3. The highest BCUT2D eigenvalue weighted by atomic mass is 35.5. The van der Waals surface area contributed by atoms with Crippen LogP contribution in [0.3, 0.4) is 0 Å². The molecule has 0 aliphatic carbocycles. The van der Waals surface area contributed by atoms with Crippen LogP contribution in [0.5, 0.6) is 17.2 Å². The number of hydrogen-bond acceptors (Lipinski definition) is 17. The summed E-state index contributed by atoms with van der Waals surface area (Å²) in [6.07, 6.45) is 5.08. The van der Waals surface area contributed by atoms with Crippen molar-refractivity contribution in [2.75, 3.05) is 84.6 Å². The standard InChI is InChI=1S/C19H23N3O3.C18H21N3O3.C14H19NO3.C5H5ClN2/c1-13-20-10-9-17(21-13)22-11-16(19(2,12-22)18(23)25-4)14-5-7-15(24-3)8-6-14;1-12-19-9-8-16(20-12)21-10-15(18(2,11-21)17(22)23)13-4-6-14(24-3)7-5-13;1-14(13(16)18-3)9-15-8-12(14)10-4-6-11(17-2)7-5-10;1-4-7-3-2-5(6)8-4/h5-10,16H,11-12H2,1-4H3;4-9,15H,10-11H2,1-3H3,(H,22,23);4-7,12,15H,8-9H2,1-3H3;2-3H,1H3/t16-,19+;15-,18+;12-,14+;/m000./s1. The molecule has 2 N–H and O–H groups in total. The number of halogens is 1. The first kappa shape index (κ1) is 56.8. The monoisotopic (exact) mass is 1050 g/mol. The van der Waals surface area contributed by atoms with E-state index in [1.165, 1.54) is 14.2 Å². The largest absolute Gasteiger partial charge is 0.497 e. The van der Waals surface area contributed by atoms with E-state index in [2.05, 4.69) is 40.1 Å². The molecule has 6 atom stereocenters. The Labute approximate surface area is 444 Å². The summed E-state index contributed by atoms with van der Waals surface area (Å²) in [5.74, 6) is 4.93. The molecular weight excluding hydrogens is 978 g/mol. The second-order valence-corrected chi connectivity index (χ2v) is 19.6. The first-order valence-corrected chi connectivity index (χ1v) is 24.8. The molecule has 3 aliphatic rings. The van der Waals surface area contributed by atoms with Gasteiger partial charge in [0.05, 0.1) is 51.8 Å². The van der Waals surface area contributed by atoms with E-state index in [-0.39, 0.29) is 29.7 Å². The number of hydrogen-bond donors (Lipinski definition) is 2. The minimum Gasteiger partial charge on any atom is -0.497 e. The van der Waals surface area contributed by atoms with Gasteiger partial charge in [-0.2, -0.15) is 0 Å². The fourth-order valence-corrected chi connectivity index (χ4v) is 10.1. The van der Waals surface area contributed by atoms with Gasteiger partial charge in [0.25, 0.3) is 0 Å². The van der Waals surface area contributed by atoms with Gasteiger partial charge in [-0.3, -0.25) is 14.4 Å². The molecule has 398 valence electrons. The van der Waals surface area contributed by atoms with E-state index in [4.69, 9.17) is 35.3 Å². The number of benzene rings is 3. The number of carbonyl (C=O) groups is 3. The molecular formula is C56H68ClN9O9. The van der Waals surface area contributed by atoms with Gasteiger partial charge in [-0.15, -0.1) is 0 Å². The molecule has 9 rings (SSSR count). The first-order valence-electron chi connectivity index (χ1n) is 24.4. The lowest BCUT2D eigenvalue weighted by Gasteiger charge is -2.27. The quantitative estimate of drug-likeness (QED) is 0.0927. The average Bonchev–Trinajstić information content (AvgIpc) is 4.13. The van der Waals surface area contributed by atoms with Gasteiger partial charge in [0, 0.05) is 75.6 Å². The Morgan fingerprint density at radius 2 is 0.920 bits per heavy atom. The number of ether oxygens (including phenoxy) is 5. The normalized spacial score (nSPS) is 22.5. The van der Waals surface area contributed by atoms with Crippen molar-refractivity contribution < 1.29 is 43.2 Å². The number of nitrogens with one attached hydrogen (secondary N) is 1. The molecule has 0 bridgehead atoms. The molecule has 0 radical (unpaired) electrons. The minimum atomic E-state index is -0.882. The van der Waals surface area contributed by atoms with E-state index in [1.807, 2.05) is 118 Å². The SMILES string of the molecule is COC(=O)[C@]1(C)CN(c2ccnc(C)n2)C[C@H]1c1ccc(OC)cc1.COC(=O)[C@]1(C)CNC[C@H]1c1ccc(OC)cc1.COc1ccc([C@@H]2CN(c3ccnc(C)n3)C[C@@]2(C)C(=O)O)cc1.Cc1nccc(Cl)n1. The third kappa shape index (κ3) is 13.5. The number of aryl methyl sites for hydroxylation is 3. The van der Waals surface area contributed by atoms with Crippen molar-refractivity contribution in [2.45, 2.75) is 59.3 Å². The van der Waals surface area contributed by atoms with Gasteiger partial charge in [0.15, 0.2) is 0 Å². The topological polar surface area (TPSA) is 213 Å². The first-order chi connectivity index (χ1) is 35.8. The molecule has 18 nitrogen and oxygen atoms in total. The fourth-order valence-electron chi connectivity index (χ4n) is 9.87. The summed E-state index contributed by atoms with van der Waals surface area (Å²) < 4.78 is 25.6. The van der Waals surface area contributed by atoms with Crippen molar-refractivity contribution in [1.29, 1.82) is 0 Å². The van der Waals surface area contributed by atoms with Crippen LogP contribution in [0.25, 0.3) is 0 Å². The van der Waals surface area contributed by atoms with E-state index in [0.717, 1.165) is 52.1 Å². The lowest BCUT2D eigenvalue weighted by Crippen LogP contribution is -2.36. The van der Waals surface area contributed by atoms with Gasteiger partial charge in [0.2, 0.25) is 0 Å². The maximum absolute atomic E-state index is 12.6. The fraction of sp³-hybridized carbons (Fsp3) is 0.411. The Bertz CT molecular complexity index is 2850. The lowest BCUT2D eigenvalue weighted by molar-refractivity contribution is -0.152. The van der Waals surface area contributed by atoms with Crippen molar-refractivity contribution in [3.05, 3.63) is 149 Å². The summed E-state index contributed by atoms with van der Waals surface area (Å²) in [7, 11) is 7.78. The Balaban J connectivity index is 0.000000172. The van der Waals surface area contributed by atoms with Crippen LogP contribution in [0, 0.1) is 37.0 Å². The van der Waals surface area contributed by atoms with Crippen molar-refractivity contribution >= 4 is 41.1 Å². The number of nitrogens with zero attached hydrogens (tertiary/aromatic N) is 8. The average molecular weight is 1050 g/mol. The number of esters is 2. The Morgan fingerprint density at radius 3 is 1.28 bits per heavy atom. The van der Waals surface area contributed by atoms with Crippen LogP contribution in [0.1, 0.15) is 72.7 Å². The maximum atomic E-state index is 12.6. The van der Waals surface area contributed by atoms with E-state index >= 15 is 0 Å². The van der Waals surface area contributed by atoms with Crippen LogP contribution >= 0.6 is 11.6 Å². The summed E-state index contributed by atoms with van der Waals surface area (Å²) in [4.78, 5) is 65.6. The zero-order valence-corrected chi connectivity index (χ0v) is 45.3. The van der Waals surface area contributed by atoms with Crippen LogP contribution in [0.4, 0.5) is 11.6 Å². The number of aliphatic carboxylic acids is 1. The van der Waals surface area contributed by atoms with Crippen LogP contribution in [-0.2, 0) is 23.9 Å².